The summed E-state index contributed by atoms with van der Waals surface area (Å²) in [4.78, 5) is 0. The van der Waals surface area contributed by atoms with Crippen LogP contribution < -0.4 is 0 Å². The Bertz CT molecular complexity index is 248. The summed E-state index contributed by atoms with van der Waals surface area (Å²) in [6, 6.07) is 0. The summed E-state index contributed by atoms with van der Waals surface area (Å²) < 4.78 is 47.8. The van der Waals surface area contributed by atoms with Crippen LogP contribution in [-0.4, -0.2) is 38.5 Å². The fourth-order valence-electron chi connectivity index (χ4n) is 2.28. The summed E-state index contributed by atoms with van der Waals surface area (Å²) in [6.45, 7) is 9.10. The van der Waals surface area contributed by atoms with Crippen molar-refractivity contribution in [1.82, 2.24) is 0 Å². The minimum Gasteiger partial charge on any atom is -0.381 e. The fourth-order valence-corrected chi connectivity index (χ4v) is 2.28. The Kier molecular flexibility index (Phi) is 11.1. The molecule has 2 saturated heterocycles. The van der Waals surface area contributed by atoms with Crippen LogP contribution in [0.25, 0.3) is 0 Å². The summed E-state index contributed by atoms with van der Waals surface area (Å²) in [5.41, 5.74) is 0. The average Bonchev–Trinajstić information content (AvgIpc) is 2.48. The first kappa shape index (κ1) is 20.7. The highest BCUT2D eigenvalue weighted by Gasteiger charge is 2.38. The number of ether oxygens (including phenoxy) is 2. The van der Waals surface area contributed by atoms with E-state index in [1.54, 1.807) is 0 Å². The van der Waals surface area contributed by atoms with Crippen LogP contribution in [0.2, 0.25) is 0 Å². The van der Waals surface area contributed by atoms with E-state index in [1.807, 2.05) is 13.8 Å². The van der Waals surface area contributed by atoms with E-state index in [0.29, 0.717) is 6.61 Å². The second-order valence-corrected chi connectivity index (χ2v) is 5.42. The topological polar surface area (TPSA) is 18.5 Å². The number of halogens is 3. The lowest BCUT2D eigenvalue weighted by molar-refractivity contribution is -0.134. The lowest BCUT2D eigenvalue weighted by Gasteiger charge is -2.28. The molecular weight excluding hydrogens is 281 g/mol. The number of rotatable bonds is 2. The van der Waals surface area contributed by atoms with Gasteiger partial charge in [-0.2, -0.15) is 0 Å². The molecule has 0 aliphatic carbocycles. The van der Waals surface area contributed by atoms with Gasteiger partial charge in [0.2, 0.25) is 0 Å². The predicted octanol–water partition coefficient (Wildman–Crippen LogP) is 4.87. The number of hydrogen-bond donors (Lipinski definition) is 0. The second kappa shape index (κ2) is 11.3. The molecule has 0 amide bonds. The summed E-state index contributed by atoms with van der Waals surface area (Å²) in [7, 11) is 0. The van der Waals surface area contributed by atoms with Gasteiger partial charge in [-0.15, -0.1) is 0 Å². The van der Waals surface area contributed by atoms with E-state index >= 15 is 0 Å². The molecule has 2 aliphatic rings. The molecular formula is C16H31F3O2. The van der Waals surface area contributed by atoms with Crippen molar-refractivity contribution in [2.75, 3.05) is 26.4 Å². The summed E-state index contributed by atoms with van der Waals surface area (Å²) in [6.07, 6.45) is 2.20. The molecule has 3 unspecified atom stereocenters. The number of alkyl halides is 3. The van der Waals surface area contributed by atoms with Crippen molar-refractivity contribution in [3.63, 3.8) is 0 Å². The molecule has 2 heterocycles. The number of hydrogen-bond acceptors (Lipinski definition) is 2. The third-order valence-corrected chi connectivity index (χ3v) is 3.75. The van der Waals surface area contributed by atoms with Crippen molar-refractivity contribution in [3.8, 4) is 0 Å². The van der Waals surface area contributed by atoms with Crippen molar-refractivity contribution in [2.45, 2.75) is 65.5 Å². The molecule has 0 aromatic heterocycles. The van der Waals surface area contributed by atoms with Gasteiger partial charge in [-0.05, 0) is 18.8 Å². The molecule has 0 N–H and O–H groups in total. The van der Waals surface area contributed by atoms with Gasteiger partial charge < -0.3 is 9.47 Å². The van der Waals surface area contributed by atoms with Gasteiger partial charge in [-0.3, -0.25) is 0 Å². The Hall–Kier alpha value is -0.290. The minimum atomic E-state index is -2.49. The van der Waals surface area contributed by atoms with Crippen LogP contribution in [0.5, 0.6) is 0 Å². The first-order valence-electron chi connectivity index (χ1n) is 8.14. The minimum absolute atomic E-state index is 0.117. The molecule has 0 bridgehead atoms. The molecule has 21 heavy (non-hydrogen) atoms. The molecule has 0 aromatic rings. The highest BCUT2D eigenvalue weighted by atomic mass is 19.3. The zero-order valence-electron chi connectivity index (χ0n) is 13.8. The van der Waals surface area contributed by atoms with Crippen LogP contribution in [0.3, 0.4) is 0 Å². The van der Waals surface area contributed by atoms with Gasteiger partial charge in [-0.1, -0.05) is 34.1 Å². The lowest BCUT2D eigenvalue weighted by atomic mass is 9.94. The van der Waals surface area contributed by atoms with Gasteiger partial charge in [-0.25, -0.2) is 13.2 Å². The van der Waals surface area contributed by atoms with E-state index in [2.05, 4.69) is 6.92 Å². The van der Waals surface area contributed by atoms with Gasteiger partial charge in [0, 0.05) is 18.9 Å². The molecule has 128 valence electrons. The molecule has 3 atom stereocenters. The Morgan fingerprint density at radius 2 is 1.71 bits per heavy atom. The molecule has 0 radical (unpaired) electrons. The highest BCUT2D eigenvalue weighted by Crippen LogP contribution is 2.31. The van der Waals surface area contributed by atoms with Crippen molar-refractivity contribution < 1.29 is 22.6 Å². The smallest absolute Gasteiger partial charge is 0.255 e. The third-order valence-electron chi connectivity index (χ3n) is 3.75. The van der Waals surface area contributed by atoms with Gasteiger partial charge >= 0.3 is 0 Å². The first-order chi connectivity index (χ1) is 9.97. The lowest BCUT2D eigenvalue weighted by Crippen LogP contribution is -2.35. The second-order valence-electron chi connectivity index (χ2n) is 5.42. The van der Waals surface area contributed by atoms with E-state index in [9.17, 15) is 13.2 Å². The maximum absolute atomic E-state index is 12.9. The van der Waals surface area contributed by atoms with Crippen LogP contribution in [-0.2, 0) is 9.47 Å². The summed E-state index contributed by atoms with van der Waals surface area (Å²) >= 11 is 0. The Morgan fingerprint density at radius 1 is 1.10 bits per heavy atom. The van der Waals surface area contributed by atoms with Crippen LogP contribution in [0.1, 0.15) is 53.4 Å². The Labute approximate surface area is 127 Å². The van der Waals surface area contributed by atoms with Gasteiger partial charge in [0.1, 0.15) is 6.17 Å². The van der Waals surface area contributed by atoms with Crippen LogP contribution in [0.15, 0.2) is 0 Å². The van der Waals surface area contributed by atoms with E-state index in [-0.39, 0.29) is 25.6 Å². The standard InChI is InChI=1S/C8H15FO.C6H10F2O.C2H6/c1-2-3-7-4-5-10-6-8(7)9;1-5-4-9-3-2-6(5,7)8;1-2/h7-8H,2-6H2,1H3;5H,2-4H2,1H3;1-2H3. The normalized spacial score (nSPS) is 31.3. The molecule has 2 nitrogen and oxygen atoms in total. The zero-order valence-corrected chi connectivity index (χ0v) is 13.8. The molecule has 2 rings (SSSR count). The van der Waals surface area contributed by atoms with Gasteiger partial charge in [0.15, 0.2) is 0 Å². The van der Waals surface area contributed by atoms with E-state index < -0.39 is 18.0 Å². The summed E-state index contributed by atoms with van der Waals surface area (Å²) in [5, 5.41) is 0. The molecule has 0 aromatic carbocycles. The van der Waals surface area contributed by atoms with Crippen molar-refractivity contribution in [2.24, 2.45) is 11.8 Å². The molecule has 0 spiro atoms. The monoisotopic (exact) mass is 312 g/mol. The van der Waals surface area contributed by atoms with Crippen molar-refractivity contribution in [3.05, 3.63) is 0 Å². The molecule has 2 fully saturated rings. The summed E-state index contributed by atoms with van der Waals surface area (Å²) in [5.74, 6) is -2.82. The quantitative estimate of drug-likeness (QED) is 0.724. The fraction of sp³-hybridized carbons (Fsp3) is 1.00. The third kappa shape index (κ3) is 8.05. The molecule has 0 saturated carbocycles. The van der Waals surface area contributed by atoms with E-state index in [1.165, 1.54) is 6.92 Å². The van der Waals surface area contributed by atoms with Crippen molar-refractivity contribution >= 4 is 0 Å². The van der Waals surface area contributed by atoms with Gasteiger partial charge in [0.25, 0.3) is 5.92 Å². The maximum Gasteiger partial charge on any atom is 0.255 e. The SMILES string of the molecule is CC.CC1COCCC1(F)F.CCCC1CCOCC1F. The molecule has 2 aliphatic heterocycles. The molecule has 5 heteroatoms. The maximum atomic E-state index is 12.9. The zero-order chi connectivity index (χ0) is 16.3. The largest absolute Gasteiger partial charge is 0.381 e. The van der Waals surface area contributed by atoms with E-state index in [4.69, 9.17) is 9.47 Å². The average molecular weight is 312 g/mol. The van der Waals surface area contributed by atoms with Gasteiger partial charge in [0.05, 0.1) is 19.8 Å². The van der Waals surface area contributed by atoms with Crippen LogP contribution >= 0.6 is 0 Å². The predicted molar refractivity (Wildman–Crippen MR) is 79.6 cm³/mol. The highest BCUT2D eigenvalue weighted by molar-refractivity contribution is 4.76. The Balaban J connectivity index is 0.000000342. The van der Waals surface area contributed by atoms with Crippen LogP contribution in [0, 0.1) is 11.8 Å². The van der Waals surface area contributed by atoms with Crippen LogP contribution in [0.4, 0.5) is 13.2 Å². The Morgan fingerprint density at radius 3 is 2.14 bits per heavy atom. The van der Waals surface area contributed by atoms with E-state index in [0.717, 1.165) is 25.9 Å². The first-order valence-corrected chi connectivity index (χ1v) is 8.14. The van der Waals surface area contributed by atoms with Crippen molar-refractivity contribution in [1.29, 1.82) is 0 Å².